The molecule has 3 rings (SSSR count). The normalized spacial score (nSPS) is 23.2. The van der Waals surface area contributed by atoms with Gasteiger partial charge in [-0.2, -0.15) is 13.2 Å². The van der Waals surface area contributed by atoms with E-state index in [0.29, 0.717) is 12.1 Å². The number of halogens is 3. The molecule has 1 atom stereocenters. The van der Waals surface area contributed by atoms with Crippen molar-refractivity contribution in [3.05, 3.63) is 29.1 Å². The van der Waals surface area contributed by atoms with Gasteiger partial charge >= 0.3 is 6.18 Å². The van der Waals surface area contributed by atoms with Crippen LogP contribution in [0.5, 0.6) is 0 Å². The summed E-state index contributed by atoms with van der Waals surface area (Å²) in [7, 11) is 0. The van der Waals surface area contributed by atoms with E-state index in [9.17, 15) is 13.2 Å². The van der Waals surface area contributed by atoms with E-state index < -0.39 is 11.9 Å². The van der Waals surface area contributed by atoms with Gasteiger partial charge in [0.15, 0.2) is 0 Å². The SMILES string of the molecule is FC(F)(F)c1ccc2c(n1)CC[C@@H]2NCC1CC1. The topological polar surface area (TPSA) is 24.9 Å². The minimum atomic E-state index is -4.34. The lowest BCUT2D eigenvalue weighted by molar-refractivity contribution is -0.141. The van der Waals surface area contributed by atoms with Crippen LogP contribution in [0.3, 0.4) is 0 Å². The second kappa shape index (κ2) is 4.23. The van der Waals surface area contributed by atoms with Crippen molar-refractivity contribution in [1.82, 2.24) is 10.3 Å². The number of hydrogen-bond donors (Lipinski definition) is 1. The molecule has 5 heteroatoms. The molecule has 2 nitrogen and oxygen atoms in total. The zero-order chi connectivity index (χ0) is 12.8. The first-order valence-corrected chi connectivity index (χ1v) is 6.34. The molecule has 98 valence electrons. The van der Waals surface area contributed by atoms with Crippen LogP contribution in [0.25, 0.3) is 0 Å². The molecule has 0 radical (unpaired) electrons. The van der Waals surface area contributed by atoms with Crippen LogP contribution in [0.2, 0.25) is 0 Å². The molecule has 2 aliphatic carbocycles. The van der Waals surface area contributed by atoms with Crippen molar-refractivity contribution >= 4 is 0 Å². The highest BCUT2D eigenvalue weighted by atomic mass is 19.4. The molecule has 1 aromatic heterocycles. The molecule has 2 aliphatic rings. The van der Waals surface area contributed by atoms with Crippen molar-refractivity contribution in [2.24, 2.45) is 5.92 Å². The predicted octanol–water partition coefficient (Wildman–Crippen LogP) is 3.09. The molecule has 0 aliphatic heterocycles. The summed E-state index contributed by atoms with van der Waals surface area (Å²) in [5.74, 6) is 0.774. The van der Waals surface area contributed by atoms with Gasteiger partial charge < -0.3 is 5.32 Å². The lowest BCUT2D eigenvalue weighted by Crippen LogP contribution is -2.21. The standard InChI is InChI=1S/C13H15F3N2/c14-13(15,16)12-6-3-9-10(4-5-11(9)18-12)17-7-8-1-2-8/h3,6,8,10,17H,1-2,4-5,7H2/t10-/m0/s1. The molecule has 1 fully saturated rings. The number of hydrogen-bond acceptors (Lipinski definition) is 2. The molecule has 0 unspecified atom stereocenters. The van der Waals surface area contributed by atoms with E-state index in [0.717, 1.165) is 30.5 Å². The van der Waals surface area contributed by atoms with Gasteiger partial charge in [0.2, 0.25) is 0 Å². The molecule has 1 heterocycles. The first-order valence-electron chi connectivity index (χ1n) is 6.34. The summed E-state index contributed by atoms with van der Waals surface area (Å²) in [4.78, 5) is 3.75. The van der Waals surface area contributed by atoms with Crippen LogP contribution in [0.15, 0.2) is 12.1 Å². The maximum absolute atomic E-state index is 12.5. The largest absolute Gasteiger partial charge is 0.433 e. The first kappa shape index (κ1) is 12.0. The van der Waals surface area contributed by atoms with Crippen molar-refractivity contribution in [2.75, 3.05) is 6.54 Å². The van der Waals surface area contributed by atoms with Crippen LogP contribution in [-0.2, 0) is 12.6 Å². The van der Waals surface area contributed by atoms with Gasteiger partial charge in [0.1, 0.15) is 5.69 Å². The summed E-state index contributed by atoms with van der Waals surface area (Å²) in [6, 6.07) is 2.87. The Labute approximate surface area is 104 Å². The van der Waals surface area contributed by atoms with Crippen molar-refractivity contribution in [3.63, 3.8) is 0 Å². The van der Waals surface area contributed by atoms with Gasteiger partial charge in [-0.15, -0.1) is 0 Å². The van der Waals surface area contributed by atoms with E-state index in [1.54, 1.807) is 6.07 Å². The molecule has 0 bridgehead atoms. The lowest BCUT2D eigenvalue weighted by atomic mass is 10.1. The Bertz CT molecular complexity index is 452. The smallest absolute Gasteiger partial charge is 0.310 e. The van der Waals surface area contributed by atoms with Gasteiger partial charge in [-0.05, 0) is 49.8 Å². The molecule has 0 amide bonds. The molecule has 18 heavy (non-hydrogen) atoms. The van der Waals surface area contributed by atoms with Gasteiger partial charge in [-0.25, -0.2) is 4.98 Å². The summed E-state index contributed by atoms with van der Waals surface area (Å²) in [6.45, 7) is 0.977. The highest BCUT2D eigenvalue weighted by molar-refractivity contribution is 5.31. The van der Waals surface area contributed by atoms with Gasteiger partial charge in [0.25, 0.3) is 0 Å². The Morgan fingerprint density at radius 3 is 2.67 bits per heavy atom. The van der Waals surface area contributed by atoms with Gasteiger partial charge in [-0.3, -0.25) is 0 Å². The van der Waals surface area contributed by atoms with Crippen molar-refractivity contribution in [3.8, 4) is 0 Å². The van der Waals surface area contributed by atoms with Crippen molar-refractivity contribution in [2.45, 2.75) is 37.9 Å². The minimum absolute atomic E-state index is 0.190. The third-order valence-electron chi connectivity index (χ3n) is 3.69. The molecule has 1 aromatic rings. The quantitative estimate of drug-likeness (QED) is 0.899. The number of aromatic nitrogens is 1. The molecule has 0 spiro atoms. The van der Waals surface area contributed by atoms with Crippen LogP contribution >= 0.6 is 0 Å². The van der Waals surface area contributed by atoms with E-state index in [-0.39, 0.29) is 6.04 Å². The Kier molecular flexibility index (Phi) is 2.81. The van der Waals surface area contributed by atoms with Crippen molar-refractivity contribution < 1.29 is 13.2 Å². The van der Waals surface area contributed by atoms with Crippen LogP contribution < -0.4 is 5.32 Å². The third-order valence-corrected chi connectivity index (χ3v) is 3.69. The summed E-state index contributed by atoms with van der Waals surface area (Å²) in [5.41, 5.74) is 0.783. The van der Waals surface area contributed by atoms with E-state index >= 15 is 0 Å². The number of rotatable bonds is 3. The second-order valence-corrected chi connectivity index (χ2v) is 5.17. The summed E-state index contributed by atoms with van der Waals surface area (Å²) < 4.78 is 37.6. The van der Waals surface area contributed by atoms with Crippen LogP contribution in [0.4, 0.5) is 13.2 Å². The Morgan fingerprint density at radius 2 is 2.00 bits per heavy atom. The average molecular weight is 256 g/mol. The lowest BCUT2D eigenvalue weighted by Gasteiger charge is -2.14. The molecule has 1 saturated carbocycles. The summed E-state index contributed by atoms with van der Waals surface area (Å²) >= 11 is 0. The monoisotopic (exact) mass is 256 g/mol. The van der Waals surface area contributed by atoms with Crippen LogP contribution in [0, 0.1) is 5.92 Å². The van der Waals surface area contributed by atoms with E-state index in [2.05, 4.69) is 10.3 Å². The molecular weight excluding hydrogens is 241 g/mol. The minimum Gasteiger partial charge on any atom is -0.310 e. The summed E-state index contributed by atoms with van der Waals surface area (Å²) in [6.07, 6.45) is -0.289. The zero-order valence-corrected chi connectivity index (χ0v) is 9.93. The fraction of sp³-hybridized carbons (Fsp3) is 0.615. The maximum Gasteiger partial charge on any atom is 0.433 e. The number of alkyl halides is 3. The highest BCUT2D eigenvalue weighted by Gasteiger charge is 2.35. The summed E-state index contributed by atoms with van der Waals surface area (Å²) in [5, 5.41) is 3.44. The molecule has 1 N–H and O–H groups in total. The number of fused-ring (bicyclic) bond motifs is 1. The predicted molar refractivity (Wildman–Crippen MR) is 61.0 cm³/mol. The number of aryl methyl sites for hydroxylation is 1. The molecular formula is C13H15F3N2. The molecule has 0 aromatic carbocycles. The molecule has 0 saturated heterocycles. The average Bonchev–Trinajstić information content (AvgIpc) is 3.05. The second-order valence-electron chi connectivity index (χ2n) is 5.17. The zero-order valence-electron chi connectivity index (χ0n) is 9.93. The van der Waals surface area contributed by atoms with Crippen LogP contribution in [-0.4, -0.2) is 11.5 Å². The van der Waals surface area contributed by atoms with Crippen LogP contribution in [0.1, 0.15) is 42.3 Å². The van der Waals surface area contributed by atoms with Gasteiger partial charge in [0, 0.05) is 11.7 Å². The third kappa shape index (κ3) is 2.36. The van der Waals surface area contributed by atoms with Crippen molar-refractivity contribution in [1.29, 1.82) is 0 Å². The number of pyridine rings is 1. The Morgan fingerprint density at radius 1 is 1.22 bits per heavy atom. The van der Waals surface area contributed by atoms with Gasteiger partial charge in [0.05, 0.1) is 0 Å². The van der Waals surface area contributed by atoms with E-state index in [4.69, 9.17) is 0 Å². The van der Waals surface area contributed by atoms with E-state index in [1.807, 2.05) is 0 Å². The number of nitrogens with zero attached hydrogens (tertiary/aromatic N) is 1. The Balaban J connectivity index is 1.75. The van der Waals surface area contributed by atoms with Gasteiger partial charge in [-0.1, -0.05) is 6.07 Å². The highest BCUT2D eigenvalue weighted by Crippen LogP contribution is 2.35. The van der Waals surface area contributed by atoms with E-state index in [1.165, 1.54) is 12.8 Å². The maximum atomic E-state index is 12.5. The fourth-order valence-corrected chi connectivity index (χ4v) is 2.47. The Hall–Kier alpha value is -1.10. The first-order chi connectivity index (χ1) is 8.54. The fourth-order valence-electron chi connectivity index (χ4n) is 2.47. The number of nitrogens with one attached hydrogen (secondary N) is 1.